The highest BCUT2D eigenvalue weighted by atomic mass is 16.5. The number of fused-ring (bicyclic) bond motifs is 1. The van der Waals surface area contributed by atoms with Crippen LogP contribution in [0.5, 0.6) is 5.88 Å². The maximum atomic E-state index is 5.72. The number of nitrogens with one attached hydrogen (secondary N) is 1. The Morgan fingerprint density at radius 3 is 3.00 bits per heavy atom. The summed E-state index contributed by atoms with van der Waals surface area (Å²) < 4.78 is 5.72. The zero-order valence-corrected chi connectivity index (χ0v) is 11.0. The molecule has 1 fully saturated rings. The molecule has 1 saturated heterocycles. The fraction of sp³-hybridized carbons (Fsp3) is 0.467. The Bertz CT molecular complexity index is 538. The van der Waals surface area contributed by atoms with Gasteiger partial charge < -0.3 is 10.1 Å². The molecule has 0 aliphatic carbocycles. The highest BCUT2D eigenvalue weighted by Crippen LogP contribution is 2.16. The molecule has 1 N–H and O–H groups in total. The van der Waals surface area contributed by atoms with Crippen molar-refractivity contribution in [1.29, 1.82) is 0 Å². The van der Waals surface area contributed by atoms with Crippen molar-refractivity contribution in [3.05, 3.63) is 30.5 Å². The number of benzene rings is 1. The largest absolute Gasteiger partial charge is 0.477 e. The molecule has 1 atom stereocenters. The van der Waals surface area contributed by atoms with Crippen LogP contribution < -0.4 is 10.1 Å². The number of nitrogens with zero attached hydrogens (tertiary/aromatic N) is 2. The molecule has 0 amide bonds. The first kappa shape index (κ1) is 12.4. The lowest BCUT2D eigenvalue weighted by molar-refractivity contribution is 0.247. The van der Waals surface area contributed by atoms with Crippen molar-refractivity contribution in [2.24, 2.45) is 5.92 Å². The Morgan fingerprint density at radius 2 is 2.16 bits per heavy atom. The number of ether oxygens (including phenoxy) is 1. The van der Waals surface area contributed by atoms with Gasteiger partial charge in [-0.05, 0) is 50.4 Å². The summed E-state index contributed by atoms with van der Waals surface area (Å²) in [5.41, 5.74) is 1.80. The molecule has 0 radical (unpaired) electrons. The van der Waals surface area contributed by atoms with Gasteiger partial charge in [-0.25, -0.2) is 9.97 Å². The molecule has 2 heterocycles. The quantitative estimate of drug-likeness (QED) is 0.913. The molecule has 19 heavy (non-hydrogen) atoms. The van der Waals surface area contributed by atoms with E-state index < -0.39 is 0 Å². The van der Waals surface area contributed by atoms with Gasteiger partial charge in [-0.3, -0.25) is 0 Å². The molecule has 2 aromatic rings. The van der Waals surface area contributed by atoms with Gasteiger partial charge >= 0.3 is 0 Å². The molecule has 1 aliphatic rings. The topological polar surface area (TPSA) is 47.0 Å². The predicted octanol–water partition coefficient (Wildman–Crippen LogP) is 2.40. The maximum Gasteiger partial charge on any atom is 0.232 e. The van der Waals surface area contributed by atoms with Crippen LogP contribution in [0.25, 0.3) is 11.0 Å². The number of hydrogen-bond acceptors (Lipinski definition) is 4. The van der Waals surface area contributed by atoms with Crippen LogP contribution in [-0.2, 0) is 0 Å². The van der Waals surface area contributed by atoms with Crippen molar-refractivity contribution in [2.75, 3.05) is 19.7 Å². The fourth-order valence-corrected chi connectivity index (χ4v) is 2.51. The fourth-order valence-electron chi connectivity index (χ4n) is 2.51. The summed E-state index contributed by atoms with van der Waals surface area (Å²) in [6.45, 7) is 3.00. The average Bonchev–Trinajstić information content (AvgIpc) is 2.48. The minimum atomic E-state index is 0.627. The van der Waals surface area contributed by atoms with Crippen molar-refractivity contribution < 1.29 is 4.74 Å². The number of rotatable bonds is 4. The first-order valence-electron chi connectivity index (χ1n) is 6.97. The highest BCUT2D eigenvalue weighted by molar-refractivity contribution is 5.73. The van der Waals surface area contributed by atoms with Crippen LogP contribution in [0.15, 0.2) is 30.5 Å². The molecular weight excluding hydrogens is 238 g/mol. The van der Waals surface area contributed by atoms with Crippen LogP contribution in [-0.4, -0.2) is 29.7 Å². The maximum absolute atomic E-state index is 5.72. The summed E-state index contributed by atoms with van der Waals surface area (Å²) in [6, 6.07) is 7.85. The van der Waals surface area contributed by atoms with E-state index in [9.17, 15) is 0 Å². The lowest BCUT2D eigenvalue weighted by atomic mass is 9.97. The van der Waals surface area contributed by atoms with E-state index in [2.05, 4.69) is 15.3 Å². The van der Waals surface area contributed by atoms with Gasteiger partial charge in [0.25, 0.3) is 0 Å². The van der Waals surface area contributed by atoms with Gasteiger partial charge in [-0.2, -0.15) is 0 Å². The van der Waals surface area contributed by atoms with Crippen molar-refractivity contribution in [3.63, 3.8) is 0 Å². The van der Waals surface area contributed by atoms with Gasteiger partial charge in [0.05, 0.1) is 23.8 Å². The zero-order valence-electron chi connectivity index (χ0n) is 11.0. The van der Waals surface area contributed by atoms with E-state index in [0.29, 0.717) is 5.88 Å². The number of piperidine rings is 1. The highest BCUT2D eigenvalue weighted by Gasteiger charge is 2.12. The first-order chi connectivity index (χ1) is 9.42. The molecule has 1 aliphatic heterocycles. The van der Waals surface area contributed by atoms with E-state index in [-0.39, 0.29) is 0 Å². The third-order valence-corrected chi connectivity index (χ3v) is 3.60. The predicted molar refractivity (Wildman–Crippen MR) is 75.2 cm³/mol. The van der Waals surface area contributed by atoms with Gasteiger partial charge in [0.2, 0.25) is 5.88 Å². The lowest BCUT2D eigenvalue weighted by Crippen LogP contribution is -2.30. The Morgan fingerprint density at radius 1 is 1.26 bits per heavy atom. The summed E-state index contributed by atoms with van der Waals surface area (Å²) in [6.07, 6.45) is 5.38. The minimum absolute atomic E-state index is 0.627. The summed E-state index contributed by atoms with van der Waals surface area (Å²) >= 11 is 0. The summed E-state index contributed by atoms with van der Waals surface area (Å²) in [7, 11) is 0. The number of para-hydroxylation sites is 2. The molecule has 0 unspecified atom stereocenters. The first-order valence-corrected chi connectivity index (χ1v) is 6.97. The molecule has 100 valence electrons. The van der Waals surface area contributed by atoms with Gasteiger partial charge in [0, 0.05) is 0 Å². The van der Waals surface area contributed by atoms with Crippen LogP contribution in [0.3, 0.4) is 0 Å². The van der Waals surface area contributed by atoms with Crippen LogP contribution >= 0.6 is 0 Å². The SMILES string of the molecule is c1ccc2nc(OCC[C@@H]3CCCNC3)cnc2c1. The van der Waals surface area contributed by atoms with Crippen molar-refractivity contribution >= 4 is 11.0 Å². The zero-order chi connectivity index (χ0) is 12.9. The van der Waals surface area contributed by atoms with Gasteiger partial charge in [0.1, 0.15) is 0 Å². The van der Waals surface area contributed by atoms with Crippen molar-refractivity contribution in [1.82, 2.24) is 15.3 Å². The molecule has 1 aromatic carbocycles. The average molecular weight is 257 g/mol. The van der Waals surface area contributed by atoms with Crippen LogP contribution in [0, 0.1) is 5.92 Å². The molecule has 0 bridgehead atoms. The molecule has 4 nitrogen and oxygen atoms in total. The van der Waals surface area contributed by atoms with E-state index in [4.69, 9.17) is 4.74 Å². The number of aromatic nitrogens is 2. The van der Waals surface area contributed by atoms with E-state index in [1.54, 1.807) is 6.20 Å². The Balaban J connectivity index is 1.56. The molecule has 1 aromatic heterocycles. The van der Waals surface area contributed by atoms with Gasteiger partial charge in [-0.15, -0.1) is 0 Å². The van der Waals surface area contributed by atoms with Crippen LogP contribution in [0.4, 0.5) is 0 Å². The summed E-state index contributed by atoms with van der Waals surface area (Å²) in [5, 5.41) is 3.42. The standard InChI is InChI=1S/C15H19N3O/c1-2-6-14-13(5-1)17-11-15(18-14)19-9-7-12-4-3-8-16-10-12/h1-2,5-6,11-12,16H,3-4,7-10H2/t12-/m0/s1. The van der Waals surface area contributed by atoms with E-state index in [1.165, 1.54) is 12.8 Å². The van der Waals surface area contributed by atoms with E-state index in [0.717, 1.165) is 43.1 Å². The van der Waals surface area contributed by atoms with Crippen LogP contribution in [0.1, 0.15) is 19.3 Å². The summed E-state index contributed by atoms with van der Waals surface area (Å²) in [5.74, 6) is 1.37. The second kappa shape index (κ2) is 5.97. The Hall–Kier alpha value is -1.68. The van der Waals surface area contributed by atoms with Crippen molar-refractivity contribution in [2.45, 2.75) is 19.3 Å². The Kier molecular flexibility index (Phi) is 3.89. The third-order valence-electron chi connectivity index (χ3n) is 3.60. The van der Waals surface area contributed by atoms with Gasteiger partial charge in [0.15, 0.2) is 0 Å². The molecule has 0 spiro atoms. The van der Waals surface area contributed by atoms with Crippen LogP contribution in [0.2, 0.25) is 0 Å². The van der Waals surface area contributed by atoms with E-state index >= 15 is 0 Å². The minimum Gasteiger partial charge on any atom is -0.477 e. The number of hydrogen-bond donors (Lipinski definition) is 1. The lowest BCUT2D eigenvalue weighted by Gasteiger charge is -2.22. The van der Waals surface area contributed by atoms with E-state index in [1.807, 2.05) is 24.3 Å². The normalized spacial score (nSPS) is 19.5. The third kappa shape index (κ3) is 3.20. The second-order valence-electron chi connectivity index (χ2n) is 5.05. The smallest absolute Gasteiger partial charge is 0.232 e. The molecule has 0 saturated carbocycles. The van der Waals surface area contributed by atoms with Gasteiger partial charge in [-0.1, -0.05) is 12.1 Å². The molecular formula is C15H19N3O. The second-order valence-corrected chi connectivity index (χ2v) is 5.05. The molecule has 3 rings (SSSR count). The summed E-state index contributed by atoms with van der Waals surface area (Å²) in [4.78, 5) is 8.80. The molecule has 4 heteroatoms. The Labute approximate surface area is 113 Å². The monoisotopic (exact) mass is 257 g/mol. The van der Waals surface area contributed by atoms with Crippen molar-refractivity contribution in [3.8, 4) is 5.88 Å².